The Hall–Kier alpha value is -3.34. The average molecular weight is 589 g/mol. The third-order valence-electron chi connectivity index (χ3n) is 9.43. The van der Waals surface area contributed by atoms with Gasteiger partial charge in [0.25, 0.3) is 0 Å². The molecule has 0 saturated carbocycles. The van der Waals surface area contributed by atoms with Crippen molar-refractivity contribution in [1.82, 2.24) is 0 Å². The SMILES string of the molecule is COC(C#Cc1c2cc3ccccc3cc2c(C#CC(OC)(C(C)C)C(C)C)c2cc3sccc3cc12)(C(C)C)C(C)C. The molecule has 4 aromatic carbocycles. The van der Waals surface area contributed by atoms with Crippen LogP contribution in [0.2, 0.25) is 0 Å². The number of rotatable bonds is 6. The second-order valence-electron chi connectivity index (χ2n) is 13.0. The molecule has 5 aromatic rings. The zero-order valence-electron chi connectivity index (χ0n) is 27.3. The normalized spacial score (nSPS) is 12.6. The van der Waals surface area contributed by atoms with Gasteiger partial charge in [-0.25, -0.2) is 0 Å². The lowest BCUT2D eigenvalue weighted by atomic mass is 9.79. The Kier molecular flexibility index (Phi) is 8.66. The fraction of sp³-hybridized carbons (Fsp3) is 0.400. The average Bonchev–Trinajstić information content (AvgIpc) is 3.43. The van der Waals surface area contributed by atoms with E-state index in [2.05, 4.69) is 139 Å². The summed E-state index contributed by atoms with van der Waals surface area (Å²) in [6.07, 6.45) is 0. The predicted octanol–water partition coefficient (Wildman–Crippen LogP) is 10.5. The van der Waals surface area contributed by atoms with Crippen LogP contribution in [0.5, 0.6) is 0 Å². The van der Waals surface area contributed by atoms with E-state index in [4.69, 9.17) is 9.47 Å². The summed E-state index contributed by atoms with van der Waals surface area (Å²) in [6.45, 7) is 17.6. The number of ether oxygens (including phenoxy) is 2. The number of hydrogen-bond donors (Lipinski definition) is 0. The summed E-state index contributed by atoms with van der Waals surface area (Å²) in [4.78, 5) is 0. The lowest BCUT2D eigenvalue weighted by Gasteiger charge is -2.35. The van der Waals surface area contributed by atoms with E-state index in [0.29, 0.717) is 0 Å². The summed E-state index contributed by atoms with van der Waals surface area (Å²) >= 11 is 1.76. The molecular formula is C40H44O2S. The number of methoxy groups -OCH3 is 2. The van der Waals surface area contributed by atoms with Gasteiger partial charge in [-0.2, -0.15) is 0 Å². The number of thiophene rings is 1. The third-order valence-corrected chi connectivity index (χ3v) is 10.3. The highest BCUT2D eigenvalue weighted by molar-refractivity contribution is 7.17. The quantitative estimate of drug-likeness (QED) is 0.145. The van der Waals surface area contributed by atoms with E-state index in [-0.39, 0.29) is 23.7 Å². The van der Waals surface area contributed by atoms with Crippen LogP contribution in [0.25, 0.3) is 42.4 Å². The summed E-state index contributed by atoms with van der Waals surface area (Å²) in [6, 6.07) is 20.0. The molecule has 0 atom stereocenters. The third kappa shape index (κ3) is 5.23. The smallest absolute Gasteiger partial charge is 0.133 e. The van der Waals surface area contributed by atoms with Gasteiger partial charge < -0.3 is 9.47 Å². The van der Waals surface area contributed by atoms with Gasteiger partial charge in [0, 0.05) is 35.4 Å². The zero-order valence-corrected chi connectivity index (χ0v) is 28.1. The number of benzene rings is 4. The highest BCUT2D eigenvalue weighted by Gasteiger charge is 2.36. The van der Waals surface area contributed by atoms with Crippen molar-refractivity contribution in [3.05, 3.63) is 71.1 Å². The summed E-state index contributed by atoms with van der Waals surface area (Å²) in [5.41, 5.74) is 0.939. The molecule has 2 nitrogen and oxygen atoms in total. The fourth-order valence-electron chi connectivity index (χ4n) is 6.91. The largest absolute Gasteiger partial charge is 0.365 e. The van der Waals surface area contributed by atoms with Crippen molar-refractivity contribution >= 4 is 53.7 Å². The second kappa shape index (κ2) is 12.0. The van der Waals surface area contributed by atoms with Crippen molar-refractivity contribution < 1.29 is 9.47 Å². The number of hydrogen-bond acceptors (Lipinski definition) is 3. The van der Waals surface area contributed by atoms with Gasteiger partial charge in [-0.05, 0) is 91.7 Å². The minimum atomic E-state index is -0.562. The first-order valence-electron chi connectivity index (χ1n) is 15.4. The molecule has 0 saturated heterocycles. The molecule has 3 heteroatoms. The maximum Gasteiger partial charge on any atom is 0.133 e. The van der Waals surface area contributed by atoms with E-state index in [1.165, 1.54) is 20.9 Å². The van der Waals surface area contributed by atoms with Crippen LogP contribution in [0.15, 0.2) is 60.0 Å². The summed E-state index contributed by atoms with van der Waals surface area (Å²) in [5, 5.41) is 10.3. The van der Waals surface area contributed by atoms with Gasteiger partial charge in [-0.15, -0.1) is 11.3 Å². The van der Waals surface area contributed by atoms with E-state index < -0.39 is 11.2 Å². The molecule has 0 spiro atoms. The lowest BCUT2D eigenvalue weighted by molar-refractivity contribution is -0.0338. The van der Waals surface area contributed by atoms with Gasteiger partial charge in [0.1, 0.15) is 11.2 Å². The molecule has 0 aliphatic carbocycles. The van der Waals surface area contributed by atoms with Crippen molar-refractivity contribution in [2.45, 2.75) is 66.6 Å². The first-order valence-corrected chi connectivity index (χ1v) is 16.3. The van der Waals surface area contributed by atoms with Crippen molar-refractivity contribution in [2.24, 2.45) is 23.7 Å². The Balaban J connectivity index is 1.99. The minimum absolute atomic E-state index is 0.228. The fourth-order valence-corrected chi connectivity index (χ4v) is 7.72. The first-order chi connectivity index (χ1) is 20.5. The van der Waals surface area contributed by atoms with Gasteiger partial charge in [0.05, 0.1) is 0 Å². The predicted molar refractivity (Wildman–Crippen MR) is 187 cm³/mol. The van der Waals surface area contributed by atoms with Crippen LogP contribution in [0, 0.1) is 47.4 Å². The topological polar surface area (TPSA) is 18.5 Å². The summed E-state index contributed by atoms with van der Waals surface area (Å²) < 4.78 is 13.6. The van der Waals surface area contributed by atoms with E-state index >= 15 is 0 Å². The van der Waals surface area contributed by atoms with Crippen LogP contribution in [-0.4, -0.2) is 25.4 Å². The van der Waals surface area contributed by atoms with Crippen molar-refractivity contribution in [3.63, 3.8) is 0 Å². The van der Waals surface area contributed by atoms with Gasteiger partial charge in [0.2, 0.25) is 0 Å². The standard InChI is InChI=1S/C40H44O2S/c1-25(2)39(41-9,26(3)4)18-15-32-34-21-29-13-11-12-14-30(29)22-35(34)33(16-19-40(42-10,27(5)6)28(7)8)37-24-38-31(17-20-43-38)23-36(32)37/h11-14,17,20-28H,1-10H3. The molecule has 0 aliphatic heterocycles. The zero-order chi connectivity index (χ0) is 31.1. The van der Waals surface area contributed by atoms with Crippen LogP contribution < -0.4 is 0 Å². The lowest BCUT2D eigenvalue weighted by Crippen LogP contribution is -2.41. The monoisotopic (exact) mass is 588 g/mol. The molecule has 0 fully saturated rings. The molecule has 222 valence electrons. The van der Waals surface area contributed by atoms with E-state index in [1.807, 2.05) is 0 Å². The minimum Gasteiger partial charge on any atom is -0.365 e. The van der Waals surface area contributed by atoms with Gasteiger partial charge >= 0.3 is 0 Å². The molecule has 1 heterocycles. The van der Waals surface area contributed by atoms with Crippen LogP contribution in [0.4, 0.5) is 0 Å². The van der Waals surface area contributed by atoms with Crippen molar-refractivity contribution in [1.29, 1.82) is 0 Å². The number of fused-ring (bicyclic) bond motifs is 4. The molecule has 0 bridgehead atoms. The Morgan fingerprint density at radius 3 is 1.35 bits per heavy atom. The van der Waals surface area contributed by atoms with Gasteiger partial charge in [-0.3, -0.25) is 0 Å². The molecule has 43 heavy (non-hydrogen) atoms. The van der Waals surface area contributed by atoms with Crippen molar-refractivity contribution in [2.75, 3.05) is 14.2 Å². The second-order valence-corrected chi connectivity index (χ2v) is 13.9. The van der Waals surface area contributed by atoms with Gasteiger partial charge in [-0.1, -0.05) is 103 Å². The first kappa shape index (κ1) is 31.1. The van der Waals surface area contributed by atoms with E-state index in [9.17, 15) is 0 Å². The molecule has 1 aromatic heterocycles. The molecule has 0 unspecified atom stereocenters. The molecule has 5 rings (SSSR count). The van der Waals surface area contributed by atoms with E-state index in [0.717, 1.165) is 32.7 Å². The Morgan fingerprint density at radius 1 is 0.558 bits per heavy atom. The maximum atomic E-state index is 6.18. The molecule has 0 radical (unpaired) electrons. The summed E-state index contributed by atoms with van der Waals surface area (Å²) in [5.74, 6) is 15.7. The Labute approximate surface area is 261 Å². The molecule has 0 N–H and O–H groups in total. The van der Waals surface area contributed by atoms with Crippen LogP contribution in [0.3, 0.4) is 0 Å². The van der Waals surface area contributed by atoms with Crippen LogP contribution >= 0.6 is 11.3 Å². The van der Waals surface area contributed by atoms with Crippen LogP contribution in [-0.2, 0) is 9.47 Å². The van der Waals surface area contributed by atoms with Gasteiger partial charge in [0.15, 0.2) is 0 Å². The molecule has 0 aliphatic rings. The maximum absolute atomic E-state index is 6.18. The summed E-state index contributed by atoms with van der Waals surface area (Å²) in [7, 11) is 3.58. The molecule has 0 amide bonds. The highest BCUT2D eigenvalue weighted by Crippen LogP contribution is 2.39. The highest BCUT2D eigenvalue weighted by atomic mass is 32.1. The van der Waals surface area contributed by atoms with E-state index in [1.54, 1.807) is 25.6 Å². The Morgan fingerprint density at radius 2 is 0.953 bits per heavy atom. The van der Waals surface area contributed by atoms with Crippen LogP contribution in [0.1, 0.15) is 66.5 Å². The Bertz CT molecular complexity index is 1780. The van der Waals surface area contributed by atoms with Crippen molar-refractivity contribution in [3.8, 4) is 23.7 Å². The molecular weight excluding hydrogens is 545 g/mol.